The number of sulfonamides is 1. The average Bonchev–Trinajstić information content (AvgIpc) is 2.79. The van der Waals surface area contributed by atoms with Crippen molar-refractivity contribution >= 4 is 27.5 Å². The Morgan fingerprint density at radius 3 is 2.14 bits per heavy atom. The van der Waals surface area contributed by atoms with Crippen LogP contribution in [-0.2, 0) is 26.0 Å². The second-order valence-electron chi connectivity index (χ2n) is 9.18. The van der Waals surface area contributed by atoms with Gasteiger partial charge in [0.15, 0.2) is 0 Å². The molecule has 2 aromatic rings. The van der Waals surface area contributed by atoms with Crippen LogP contribution in [0.3, 0.4) is 0 Å². The highest BCUT2D eigenvalue weighted by Crippen LogP contribution is 2.19. The zero-order chi connectivity index (χ0) is 26.0. The molecular weight excluding hydrogens is 462 g/mol. The van der Waals surface area contributed by atoms with E-state index in [1.807, 2.05) is 70.2 Å². The molecule has 0 spiro atoms. The molecular formula is C27H39N3O4S. The smallest absolute Gasteiger partial charge is 0.242 e. The summed E-state index contributed by atoms with van der Waals surface area (Å²) >= 11 is 0. The minimum atomic E-state index is -3.50. The summed E-state index contributed by atoms with van der Waals surface area (Å²) in [5.74, 6) is -0.314. The van der Waals surface area contributed by atoms with Crippen LogP contribution in [0.4, 0.5) is 5.69 Å². The molecule has 0 aliphatic heterocycles. The summed E-state index contributed by atoms with van der Waals surface area (Å²) < 4.78 is 26.2. The van der Waals surface area contributed by atoms with Crippen molar-refractivity contribution in [2.75, 3.05) is 23.7 Å². The molecule has 8 heteroatoms. The number of carbonyl (C=O) groups excluding carboxylic acids is 2. The van der Waals surface area contributed by atoms with Gasteiger partial charge in [-0.05, 0) is 57.7 Å². The summed E-state index contributed by atoms with van der Waals surface area (Å²) in [5.41, 5.74) is 2.71. The number of aryl methyl sites for hydroxylation is 1. The van der Waals surface area contributed by atoms with Gasteiger partial charge in [0.25, 0.3) is 0 Å². The first-order chi connectivity index (χ1) is 16.5. The quantitative estimate of drug-likeness (QED) is 0.451. The lowest BCUT2D eigenvalue weighted by molar-refractivity contribution is -0.141. The number of nitrogens with zero attached hydrogens (tertiary/aromatic N) is 2. The van der Waals surface area contributed by atoms with Crippen molar-refractivity contribution in [3.8, 4) is 0 Å². The number of nitrogens with one attached hydrogen (secondary N) is 1. The van der Waals surface area contributed by atoms with Gasteiger partial charge in [-0.1, -0.05) is 55.0 Å². The highest BCUT2D eigenvalue weighted by Gasteiger charge is 2.28. The molecule has 1 N–H and O–H groups in total. The first kappa shape index (κ1) is 28.4. The summed E-state index contributed by atoms with van der Waals surface area (Å²) in [7, 11) is -3.50. The SMILES string of the molecule is CCC(C(=O)NC(C)C)N(CCc1ccccc1)C(=O)CCCN(c1ccc(C)cc1)S(C)(=O)=O. The van der Waals surface area contributed by atoms with E-state index in [1.54, 1.807) is 17.0 Å². The van der Waals surface area contributed by atoms with Gasteiger partial charge in [0, 0.05) is 25.6 Å². The van der Waals surface area contributed by atoms with E-state index in [1.165, 1.54) is 10.6 Å². The van der Waals surface area contributed by atoms with E-state index in [0.717, 1.165) is 11.1 Å². The molecule has 0 bridgehead atoms. The lowest BCUT2D eigenvalue weighted by atomic mass is 10.1. The fourth-order valence-electron chi connectivity index (χ4n) is 3.99. The van der Waals surface area contributed by atoms with Gasteiger partial charge in [-0.25, -0.2) is 8.42 Å². The van der Waals surface area contributed by atoms with Crippen LogP contribution in [0.15, 0.2) is 54.6 Å². The molecule has 192 valence electrons. The van der Waals surface area contributed by atoms with E-state index >= 15 is 0 Å². The van der Waals surface area contributed by atoms with Crippen molar-refractivity contribution in [2.45, 2.75) is 65.5 Å². The monoisotopic (exact) mass is 501 g/mol. The van der Waals surface area contributed by atoms with Crippen LogP contribution in [0.2, 0.25) is 0 Å². The highest BCUT2D eigenvalue weighted by atomic mass is 32.2. The highest BCUT2D eigenvalue weighted by molar-refractivity contribution is 7.92. The number of rotatable bonds is 13. The maximum Gasteiger partial charge on any atom is 0.242 e. The second-order valence-corrected chi connectivity index (χ2v) is 11.1. The molecule has 1 unspecified atom stereocenters. The second kappa shape index (κ2) is 13.3. The lowest BCUT2D eigenvalue weighted by Gasteiger charge is -2.31. The van der Waals surface area contributed by atoms with E-state index in [2.05, 4.69) is 5.32 Å². The van der Waals surface area contributed by atoms with Crippen molar-refractivity contribution in [1.82, 2.24) is 10.2 Å². The topological polar surface area (TPSA) is 86.8 Å². The number of hydrogen-bond donors (Lipinski definition) is 1. The number of hydrogen-bond acceptors (Lipinski definition) is 4. The standard InChI is InChI=1S/C27H39N3O4S/c1-6-25(27(32)28-21(2)3)29(20-18-23-11-8-7-9-12-23)26(31)13-10-19-30(35(5,33)34)24-16-14-22(4)15-17-24/h7-9,11-12,14-17,21,25H,6,10,13,18-20H2,1-5H3,(H,28,32). The van der Waals surface area contributed by atoms with Gasteiger partial charge < -0.3 is 10.2 Å². The molecule has 35 heavy (non-hydrogen) atoms. The summed E-state index contributed by atoms with van der Waals surface area (Å²) in [6, 6.07) is 16.5. The molecule has 0 heterocycles. The Balaban J connectivity index is 2.14. The van der Waals surface area contributed by atoms with Gasteiger partial charge >= 0.3 is 0 Å². The van der Waals surface area contributed by atoms with E-state index in [0.29, 0.717) is 31.5 Å². The predicted molar refractivity (Wildman–Crippen MR) is 142 cm³/mol. The van der Waals surface area contributed by atoms with Crippen LogP contribution in [-0.4, -0.2) is 56.6 Å². The van der Waals surface area contributed by atoms with Gasteiger partial charge in [0.2, 0.25) is 21.8 Å². The van der Waals surface area contributed by atoms with Crippen molar-refractivity contribution in [3.63, 3.8) is 0 Å². The van der Waals surface area contributed by atoms with Gasteiger partial charge in [0.05, 0.1) is 11.9 Å². The largest absolute Gasteiger partial charge is 0.352 e. The van der Waals surface area contributed by atoms with Crippen LogP contribution in [0.5, 0.6) is 0 Å². The molecule has 0 aliphatic carbocycles. The van der Waals surface area contributed by atoms with Crippen molar-refractivity contribution < 1.29 is 18.0 Å². The Labute approximate surface area is 210 Å². The third-order valence-electron chi connectivity index (χ3n) is 5.78. The van der Waals surface area contributed by atoms with Gasteiger partial charge in [-0.15, -0.1) is 0 Å². The Hall–Kier alpha value is -2.87. The van der Waals surface area contributed by atoms with Crippen LogP contribution in [0.1, 0.15) is 51.2 Å². The van der Waals surface area contributed by atoms with Crippen molar-refractivity contribution in [1.29, 1.82) is 0 Å². The first-order valence-electron chi connectivity index (χ1n) is 12.2. The van der Waals surface area contributed by atoms with E-state index in [9.17, 15) is 18.0 Å². The third-order valence-corrected chi connectivity index (χ3v) is 6.97. The molecule has 0 fully saturated rings. The molecule has 2 amide bonds. The van der Waals surface area contributed by atoms with Gasteiger partial charge in [0.1, 0.15) is 6.04 Å². The van der Waals surface area contributed by atoms with Crippen LogP contribution in [0.25, 0.3) is 0 Å². The van der Waals surface area contributed by atoms with Crippen LogP contribution >= 0.6 is 0 Å². The molecule has 2 rings (SSSR count). The van der Waals surface area contributed by atoms with Crippen LogP contribution in [0, 0.1) is 6.92 Å². The summed E-state index contributed by atoms with van der Waals surface area (Å²) in [4.78, 5) is 27.9. The number of benzene rings is 2. The minimum absolute atomic E-state index is 0.0274. The normalized spacial score (nSPS) is 12.3. The molecule has 0 radical (unpaired) electrons. The fourth-order valence-corrected chi connectivity index (χ4v) is 4.96. The summed E-state index contributed by atoms with van der Waals surface area (Å²) in [6.45, 7) is 8.24. The molecule has 7 nitrogen and oxygen atoms in total. The van der Waals surface area contributed by atoms with Crippen molar-refractivity contribution in [2.24, 2.45) is 0 Å². The van der Waals surface area contributed by atoms with E-state index in [-0.39, 0.29) is 30.8 Å². The average molecular weight is 502 g/mol. The molecule has 0 saturated heterocycles. The third kappa shape index (κ3) is 9.02. The molecule has 2 aromatic carbocycles. The molecule has 1 atom stereocenters. The number of carbonyl (C=O) groups is 2. The predicted octanol–water partition coefficient (Wildman–Crippen LogP) is 3.92. The Morgan fingerprint density at radius 1 is 0.971 bits per heavy atom. The summed E-state index contributed by atoms with van der Waals surface area (Å²) in [6.07, 6.45) is 2.81. The maximum atomic E-state index is 13.3. The Morgan fingerprint density at radius 2 is 1.60 bits per heavy atom. The lowest BCUT2D eigenvalue weighted by Crippen LogP contribution is -2.51. The number of anilines is 1. The molecule has 0 aromatic heterocycles. The van der Waals surface area contributed by atoms with E-state index in [4.69, 9.17) is 0 Å². The Kier molecular flexibility index (Phi) is 10.8. The zero-order valence-electron chi connectivity index (χ0n) is 21.5. The van der Waals surface area contributed by atoms with Gasteiger partial charge in [-0.3, -0.25) is 13.9 Å². The minimum Gasteiger partial charge on any atom is -0.352 e. The van der Waals surface area contributed by atoms with Crippen LogP contribution < -0.4 is 9.62 Å². The molecule has 0 aliphatic rings. The van der Waals surface area contributed by atoms with Crippen molar-refractivity contribution in [3.05, 3.63) is 65.7 Å². The molecule has 0 saturated carbocycles. The van der Waals surface area contributed by atoms with Gasteiger partial charge in [-0.2, -0.15) is 0 Å². The Bertz CT molecular complexity index is 1050. The van der Waals surface area contributed by atoms with E-state index < -0.39 is 16.1 Å². The zero-order valence-corrected chi connectivity index (χ0v) is 22.3. The number of amides is 2. The fraction of sp³-hybridized carbons (Fsp3) is 0.481. The maximum absolute atomic E-state index is 13.3. The first-order valence-corrected chi connectivity index (χ1v) is 14.1. The summed E-state index contributed by atoms with van der Waals surface area (Å²) in [5, 5.41) is 2.93.